The predicted molar refractivity (Wildman–Crippen MR) is 87.5 cm³/mol. The number of nitrogens with zero attached hydrogens (tertiary/aromatic N) is 2. The third-order valence-corrected chi connectivity index (χ3v) is 4.11. The maximum absolute atomic E-state index is 11.7. The van der Waals surface area contributed by atoms with Crippen molar-refractivity contribution < 1.29 is 4.79 Å². The van der Waals surface area contributed by atoms with Gasteiger partial charge in [-0.1, -0.05) is 24.3 Å². The summed E-state index contributed by atoms with van der Waals surface area (Å²) in [5, 5.41) is 7.21. The summed E-state index contributed by atoms with van der Waals surface area (Å²) in [4.78, 5) is 11.7. The fraction of sp³-hybridized carbons (Fsp3) is 0.250. The molecule has 4 nitrogen and oxygen atoms in total. The molecule has 0 bridgehead atoms. The average Bonchev–Trinajstić information content (AvgIpc) is 3.00. The van der Waals surface area contributed by atoms with E-state index in [1.54, 1.807) is 17.8 Å². The van der Waals surface area contributed by atoms with Crippen LogP contribution < -0.4 is 5.32 Å². The lowest BCUT2D eigenvalue weighted by molar-refractivity contribution is -0.120. The van der Waals surface area contributed by atoms with E-state index in [0.717, 1.165) is 11.4 Å². The van der Waals surface area contributed by atoms with Crippen molar-refractivity contribution >= 4 is 17.7 Å². The summed E-state index contributed by atoms with van der Waals surface area (Å²) >= 11 is 1.57. The van der Waals surface area contributed by atoms with Crippen molar-refractivity contribution in [3.8, 4) is 5.69 Å². The van der Waals surface area contributed by atoms with E-state index in [2.05, 4.69) is 17.0 Å². The Morgan fingerprint density at radius 1 is 1.43 bits per heavy atom. The van der Waals surface area contributed by atoms with Gasteiger partial charge in [-0.05, 0) is 25.1 Å². The largest absolute Gasteiger partial charge is 0.352 e. The van der Waals surface area contributed by atoms with Crippen molar-refractivity contribution in [3.63, 3.8) is 0 Å². The van der Waals surface area contributed by atoms with E-state index in [-0.39, 0.29) is 11.2 Å². The van der Waals surface area contributed by atoms with Gasteiger partial charge < -0.3 is 5.32 Å². The molecule has 110 valence electrons. The third kappa shape index (κ3) is 4.49. The maximum Gasteiger partial charge on any atom is 0.233 e. The van der Waals surface area contributed by atoms with Gasteiger partial charge in [0.1, 0.15) is 0 Å². The first-order chi connectivity index (χ1) is 10.2. The average molecular weight is 301 g/mol. The first-order valence-electron chi connectivity index (χ1n) is 6.81. The van der Waals surface area contributed by atoms with Crippen molar-refractivity contribution in [2.45, 2.75) is 17.9 Å². The van der Waals surface area contributed by atoms with Crippen LogP contribution in [0, 0.1) is 0 Å². The number of thioether (sulfide) groups is 1. The minimum atomic E-state index is -0.105. The van der Waals surface area contributed by atoms with Crippen LogP contribution in [0.1, 0.15) is 12.6 Å². The smallest absolute Gasteiger partial charge is 0.233 e. The molecule has 1 aromatic carbocycles. The molecule has 0 saturated heterocycles. The quantitative estimate of drug-likeness (QED) is 0.800. The fourth-order valence-corrected chi connectivity index (χ4v) is 2.58. The summed E-state index contributed by atoms with van der Waals surface area (Å²) in [6.45, 7) is 5.99. The zero-order valence-corrected chi connectivity index (χ0v) is 12.8. The van der Waals surface area contributed by atoms with Crippen LogP contribution in [0.3, 0.4) is 0 Å². The molecule has 0 spiro atoms. The Balaban J connectivity index is 1.88. The van der Waals surface area contributed by atoms with E-state index in [4.69, 9.17) is 0 Å². The van der Waals surface area contributed by atoms with Crippen molar-refractivity contribution in [2.75, 3.05) is 6.54 Å². The molecule has 1 unspecified atom stereocenters. The third-order valence-electron chi connectivity index (χ3n) is 2.94. The molecule has 21 heavy (non-hydrogen) atoms. The topological polar surface area (TPSA) is 46.9 Å². The van der Waals surface area contributed by atoms with Gasteiger partial charge in [0, 0.05) is 18.5 Å². The van der Waals surface area contributed by atoms with Gasteiger partial charge in [0.25, 0.3) is 0 Å². The second-order valence-corrected chi connectivity index (χ2v) is 5.90. The van der Waals surface area contributed by atoms with Crippen LogP contribution in [-0.4, -0.2) is 27.5 Å². The molecule has 0 aliphatic rings. The lowest BCUT2D eigenvalue weighted by Crippen LogP contribution is -2.30. The predicted octanol–water partition coefficient (Wildman–Crippen LogP) is 2.80. The highest BCUT2D eigenvalue weighted by Gasteiger charge is 2.13. The Morgan fingerprint density at radius 3 is 2.90 bits per heavy atom. The number of hydrogen-bond acceptors (Lipinski definition) is 3. The Kier molecular flexibility index (Phi) is 5.63. The standard InChI is InChI=1S/C16H19N3OS/c1-3-10-17-16(20)13(2)21-12-14-9-11-19(18-14)15-7-5-4-6-8-15/h3-9,11,13H,1,10,12H2,2H3,(H,17,20). The monoisotopic (exact) mass is 301 g/mol. The van der Waals surface area contributed by atoms with E-state index >= 15 is 0 Å². The molecule has 2 aromatic rings. The van der Waals surface area contributed by atoms with Gasteiger partial charge in [-0.15, -0.1) is 18.3 Å². The van der Waals surface area contributed by atoms with Gasteiger partial charge in [-0.2, -0.15) is 5.10 Å². The fourth-order valence-electron chi connectivity index (χ4n) is 1.77. The summed E-state index contributed by atoms with van der Waals surface area (Å²) in [6.07, 6.45) is 3.62. The maximum atomic E-state index is 11.7. The van der Waals surface area contributed by atoms with Gasteiger partial charge in [-0.25, -0.2) is 4.68 Å². The van der Waals surface area contributed by atoms with Crippen molar-refractivity contribution in [1.29, 1.82) is 0 Å². The second kappa shape index (κ2) is 7.69. The second-order valence-electron chi connectivity index (χ2n) is 4.57. The molecule has 0 fully saturated rings. The minimum Gasteiger partial charge on any atom is -0.352 e. The lowest BCUT2D eigenvalue weighted by atomic mass is 10.3. The molecule has 2 rings (SSSR count). The normalized spacial score (nSPS) is 11.9. The number of rotatable bonds is 7. The van der Waals surface area contributed by atoms with E-state index in [9.17, 15) is 4.79 Å². The Bertz CT molecular complexity index is 595. The number of nitrogens with one attached hydrogen (secondary N) is 1. The van der Waals surface area contributed by atoms with Crippen molar-refractivity contribution in [1.82, 2.24) is 15.1 Å². The van der Waals surface area contributed by atoms with Gasteiger partial charge >= 0.3 is 0 Å². The molecule has 0 aliphatic heterocycles. The van der Waals surface area contributed by atoms with E-state index < -0.39 is 0 Å². The van der Waals surface area contributed by atoms with Crippen molar-refractivity contribution in [2.24, 2.45) is 0 Å². The van der Waals surface area contributed by atoms with E-state index in [0.29, 0.717) is 12.3 Å². The van der Waals surface area contributed by atoms with Crippen LogP contribution in [0.5, 0.6) is 0 Å². The molecular formula is C16H19N3OS. The van der Waals surface area contributed by atoms with Crippen LogP contribution in [-0.2, 0) is 10.5 Å². The summed E-state index contributed by atoms with van der Waals surface area (Å²) in [6, 6.07) is 11.9. The lowest BCUT2D eigenvalue weighted by Gasteiger charge is -2.09. The molecule has 1 heterocycles. The summed E-state index contributed by atoms with van der Waals surface area (Å²) in [5.41, 5.74) is 2.00. The molecule has 5 heteroatoms. The van der Waals surface area contributed by atoms with Crippen LogP contribution in [0.15, 0.2) is 55.3 Å². The number of benzene rings is 1. The molecule has 1 aromatic heterocycles. The SMILES string of the molecule is C=CCNC(=O)C(C)SCc1ccn(-c2ccccc2)n1. The first kappa shape index (κ1) is 15.4. The minimum absolute atomic E-state index is 0.0300. The van der Waals surface area contributed by atoms with Gasteiger partial charge in [0.05, 0.1) is 16.6 Å². The number of carbonyl (C=O) groups is 1. The summed E-state index contributed by atoms with van der Waals surface area (Å²) in [7, 11) is 0. The molecule has 0 aliphatic carbocycles. The Labute approximate surface area is 129 Å². The summed E-state index contributed by atoms with van der Waals surface area (Å²) in [5.74, 6) is 0.741. The molecule has 1 atom stereocenters. The molecule has 1 N–H and O–H groups in total. The Morgan fingerprint density at radius 2 is 2.19 bits per heavy atom. The molecule has 1 amide bonds. The zero-order chi connectivity index (χ0) is 15.1. The van der Waals surface area contributed by atoms with Crippen LogP contribution in [0.4, 0.5) is 0 Å². The highest BCUT2D eigenvalue weighted by Crippen LogP contribution is 2.17. The highest BCUT2D eigenvalue weighted by atomic mass is 32.2. The van der Waals surface area contributed by atoms with Gasteiger partial charge in [0.2, 0.25) is 5.91 Å². The molecular weight excluding hydrogens is 282 g/mol. The number of aromatic nitrogens is 2. The van der Waals surface area contributed by atoms with Gasteiger partial charge in [-0.3, -0.25) is 4.79 Å². The first-order valence-corrected chi connectivity index (χ1v) is 7.85. The molecule has 0 saturated carbocycles. The summed E-state index contributed by atoms with van der Waals surface area (Å²) < 4.78 is 1.85. The number of amides is 1. The number of carbonyl (C=O) groups excluding carboxylic acids is 1. The Hall–Kier alpha value is -2.01. The molecule has 0 radical (unpaired) electrons. The highest BCUT2D eigenvalue weighted by molar-refractivity contribution is 7.99. The van der Waals surface area contributed by atoms with Crippen LogP contribution in [0.25, 0.3) is 5.69 Å². The number of para-hydroxylation sites is 1. The number of hydrogen-bond donors (Lipinski definition) is 1. The van der Waals surface area contributed by atoms with Crippen LogP contribution >= 0.6 is 11.8 Å². The van der Waals surface area contributed by atoms with E-state index in [1.807, 2.05) is 54.2 Å². The van der Waals surface area contributed by atoms with Crippen molar-refractivity contribution in [3.05, 3.63) is 60.9 Å². The van der Waals surface area contributed by atoms with Gasteiger partial charge in [0.15, 0.2) is 0 Å². The zero-order valence-electron chi connectivity index (χ0n) is 12.0. The van der Waals surface area contributed by atoms with E-state index in [1.165, 1.54) is 0 Å². The van der Waals surface area contributed by atoms with Crippen LogP contribution in [0.2, 0.25) is 0 Å².